The van der Waals surface area contributed by atoms with Crippen molar-refractivity contribution in [1.29, 1.82) is 0 Å². The third-order valence-corrected chi connectivity index (χ3v) is 6.06. The van der Waals surface area contributed by atoms with Crippen molar-refractivity contribution < 1.29 is 24.2 Å². The van der Waals surface area contributed by atoms with Crippen molar-refractivity contribution in [3.05, 3.63) is 42.1 Å². The molecule has 0 bridgehead atoms. The number of benzene rings is 1. The number of nitrogens with one attached hydrogen (secondary N) is 1. The van der Waals surface area contributed by atoms with E-state index >= 15 is 0 Å². The first kappa shape index (κ1) is 21.9. The molecule has 1 fully saturated rings. The predicted molar refractivity (Wildman–Crippen MR) is 119 cm³/mol. The molecule has 1 aromatic heterocycles. The minimum Gasteiger partial charge on any atom is -0.492 e. The lowest BCUT2D eigenvalue weighted by Gasteiger charge is -2.43. The van der Waals surface area contributed by atoms with E-state index in [0.717, 1.165) is 34.8 Å². The fourth-order valence-corrected chi connectivity index (χ4v) is 4.45. The third-order valence-electron chi connectivity index (χ3n) is 6.06. The molecule has 32 heavy (non-hydrogen) atoms. The molecule has 1 aliphatic heterocycles. The SMILES string of the molecule is CC(C)(C)N(C(=O)O)C(C)(C)C(=O)Nc1ccc(Oc2cccc3c2C2(CC2)CO3)nc1. The van der Waals surface area contributed by atoms with Crippen molar-refractivity contribution in [3.63, 3.8) is 0 Å². The molecular formula is C24H29N3O5. The molecule has 1 spiro atoms. The van der Waals surface area contributed by atoms with E-state index in [1.807, 2.05) is 18.2 Å². The van der Waals surface area contributed by atoms with Crippen LogP contribution in [0.5, 0.6) is 17.4 Å². The van der Waals surface area contributed by atoms with Gasteiger partial charge in [0.25, 0.3) is 0 Å². The summed E-state index contributed by atoms with van der Waals surface area (Å²) in [7, 11) is 0. The van der Waals surface area contributed by atoms with Crippen molar-refractivity contribution in [1.82, 2.24) is 9.88 Å². The van der Waals surface area contributed by atoms with Crippen LogP contribution in [0.25, 0.3) is 0 Å². The number of hydrogen-bond acceptors (Lipinski definition) is 5. The van der Waals surface area contributed by atoms with Crippen molar-refractivity contribution in [2.24, 2.45) is 0 Å². The van der Waals surface area contributed by atoms with Crippen molar-refractivity contribution in [2.75, 3.05) is 11.9 Å². The van der Waals surface area contributed by atoms with E-state index in [1.54, 1.807) is 46.8 Å². The maximum atomic E-state index is 12.9. The molecule has 2 aromatic rings. The molecule has 2 amide bonds. The highest BCUT2D eigenvalue weighted by Gasteiger charge is 2.52. The Balaban J connectivity index is 1.48. The number of anilines is 1. The van der Waals surface area contributed by atoms with Gasteiger partial charge in [-0.2, -0.15) is 0 Å². The van der Waals surface area contributed by atoms with E-state index in [0.29, 0.717) is 18.2 Å². The number of amides is 2. The molecule has 1 aromatic carbocycles. The minimum absolute atomic E-state index is 0.0779. The van der Waals surface area contributed by atoms with Crippen LogP contribution in [0.15, 0.2) is 36.5 Å². The second-order valence-electron chi connectivity index (χ2n) is 9.99. The van der Waals surface area contributed by atoms with Gasteiger partial charge in [-0.15, -0.1) is 0 Å². The van der Waals surface area contributed by atoms with Gasteiger partial charge in [0, 0.05) is 22.6 Å². The molecule has 1 saturated carbocycles. The summed E-state index contributed by atoms with van der Waals surface area (Å²) in [6.45, 7) is 9.11. The van der Waals surface area contributed by atoms with Gasteiger partial charge in [0.1, 0.15) is 17.0 Å². The second kappa shape index (κ2) is 7.39. The zero-order valence-electron chi connectivity index (χ0n) is 19.1. The van der Waals surface area contributed by atoms with Gasteiger partial charge in [0.15, 0.2) is 0 Å². The molecule has 1 aliphatic carbocycles. The topological polar surface area (TPSA) is 101 Å². The fraction of sp³-hybridized carbons (Fsp3) is 0.458. The average Bonchev–Trinajstić information content (AvgIpc) is 3.36. The maximum absolute atomic E-state index is 12.9. The first-order valence-electron chi connectivity index (χ1n) is 10.7. The molecule has 2 heterocycles. The minimum atomic E-state index is -1.29. The Morgan fingerprint density at radius 2 is 1.88 bits per heavy atom. The summed E-state index contributed by atoms with van der Waals surface area (Å²) in [6.07, 6.45) is 2.53. The lowest BCUT2D eigenvalue weighted by molar-refractivity contribution is -0.128. The smallest absolute Gasteiger partial charge is 0.408 e. The molecule has 0 atom stereocenters. The number of carboxylic acid groups (broad SMARTS) is 1. The van der Waals surface area contributed by atoms with Crippen LogP contribution in [-0.2, 0) is 10.2 Å². The van der Waals surface area contributed by atoms with Gasteiger partial charge in [-0.3, -0.25) is 9.69 Å². The Bertz CT molecular complexity index is 1050. The van der Waals surface area contributed by atoms with Crippen LogP contribution < -0.4 is 14.8 Å². The Hall–Kier alpha value is -3.29. The van der Waals surface area contributed by atoms with Crippen LogP contribution in [0, 0.1) is 0 Å². The largest absolute Gasteiger partial charge is 0.492 e. The van der Waals surface area contributed by atoms with Gasteiger partial charge in [-0.05, 0) is 65.7 Å². The number of pyridine rings is 1. The number of hydrogen-bond donors (Lipinski definition) is 2. The Labute approximate surface area is 187 Å². The van der Waals surface area contributed by atoms with Gasteiger partial charge in [0.05, 0.1) is 18.5 Å². The quantitative estimate of drug-likeness (QED) is 0.694. The van der Waals surface area contributed by atoms with Crippen molar-refractivity contribution in [3.8, 4) is 17.4 Å². The summed E-state index contributed by atoms with van der Waals surface area (Å²) in [4.78, 5) is 30.2. The molecular weight excluding hydrogens is 410 g/mol. The lowest BCUT2D eigenvalue weighted by Crippen LogP contribution is -2.61. The zero-order chi connectivity index (χ0) is 23.3. The summed E-state index contributed by atoms with van der Waals surface area (Å²) in [5, 5.41) is 12.4. The second-order valence-corrected chi connectivity index (χ2v) is 9.99. The number of carbonyl (C=O) groups excluding carboxylic acids is 1. The summed E-state index contributed by atoms with van der Waals surface area (Å²) < 4.78 is 11.9. The number of rotatable bonds is 5. The summed E-state index contributed by atoms with van der Waals surface area (Å²) in [5.74, 6) is 1.57. The molecule has 8 nitrogen and oxygen atoms in total. The van der Waals surface area contributed by atoms with E-state index < -0.39 is 23.1 Å². The van der Waals surface area contributed by atoms with Crippen LogP contribution in [-0.4, -0.2) is 44.7 Å². The lowest BCUT2D eigenvalue weighted by atomic mass is 9.94. The predicted octanol–water partition coefficient (Wildman–Crippen LogP) is 4.79. The number of fused-ring (bicyclic) bond motifs is 2. The van der Waals surface area contributed by atoms with Gasteiger partial charge in [-0.25, -0.2) is 9.78 Å². The van der Waals surface area contributed by atoms with E-state index in [2.05, 4.69) is 10.3 Å². The third kappa shape index (κ3) is 3.85. The average molecular weight is 440 g/mol. The highest BCUT2D eigenvalue weighted by molar-refractivity contribution is 5.99. The highest BCUT2D eigenvalue weighted by atomic mass is 16.5. The first-order valence-corrected chi connectivity index (χ1v) is 10.7. The van der Waals surface area contributed by atoms with Crippen LogP contribution >= 0.6 is 0 Å². The standard InChI is InChI=1S/C24H29N3O5/c1-22(2,3)27(21(29)30)23(4,5)20(28)26-15-9-10-18(25-13-15)32-17-8-6-7-16-19(17)24(11-12-24)14-31-16/h6-10,13H,11-12,14H2,1-5H3,(H,26,28)(H,29,30). The maximum Gasteiger partial charge on any atom is 0.408 e. The number of aromatic nitrogens is 1. The van der Waals surface area contributed by atoms with E-state index in [9.17, 15) is 14.7 Å². The number of carbonyl (C=O) groups is 2. The molecule has 4 rings (SSSR count). The van der Waals surface area contributed by atoms with E-state index in [-0.39, 0.29) is 5.41 Å². The molecule has 2 N–H and O–H groups in total. The normalized spacial score (nSPS) is 16.2. The monoisotopic (exact) mass is 439 g/mol. The molecule has 2 aliphatic rings. The first-order chi connectivity index (χ1) is 14.9. The van der Waals surface area contributed by atoms with Gasteiger partial charge in [-0.1, -0.05) is 6.07 Å². The molecule has 8 heteroatoms. The highest BCUT2D eigenvalue weighted by Crippen LogP contribution is 2.58. The molecule has 0 saturated heterocycles. The van der Waals surface area contributed by atoms with Crippen LogP contribution in [0.1, 0.15) is 53.0 Å². The number of ether oxygens (including phenoxy) is 2. The van der Waals surface area contributed by atoms with Gasteiger partial charge in [0.2, 0.25) is 11.8 Å². The Morgan fingerprint density at radius 1 is 1.16 bits per heavy atom. The Morgan fingerprint density at radius 3 is 2.44 bits per heavy atom. The van der Waals surface area contributed by atoms with Gasteiger partial charge < -0.3 is 19.9 Å². The van der Waals surface area contributed by atoms with Crippen LogP contribution in [0.3, 0.4) is 0 Å². The van der Waals surface area contributed by atoms with Crippen LogP contribution in [0.4, 0.5) is 10.5 Å². The molecule has 170 valence electrons. The van der Waals surface area contributed by atoms with Crippen LogP contribution in [0.2, 0.25) is 0 Å². The van der Waals surface area contributed by atoms with Crippen molar-refractivity contribution in [2.45, 2.75) is 64.0 Å². The summed E-state index contributed by atoms with van der Waals surface area (Å²) in [6, 6.07) is 9.14. The van der Waals surface area contributed by atoms with E-state index in [4.69, 9.17) is 9.47 Å². The summed E-state index contributed by atoms with van der Waals surface area (Å²) >= 11 is 0. The van der Waals surface area contributed by atoms with E-state index in [1.165, 1.54) is 6.20 Å². The Kier molecular flexibility index (Phi) is 5.07. The van der Waals surface area contributed by atoms with Crippen molar-refractivity contribution >= 4 is 17.7 Å². The molecule has 0 unspecified atom stereocenters. The zero-order valence-corrected chi connectivity index (χ0v) is 19.1. The van der Waals surface area contributed by atoms with Gasteiger partial charge >= 0.3 is 6.09 Å². The molecule has 0 radical (unpaired) electrons. The summed E-state index contributed by atoms with van der Waals surface area (Å²) in [5.41, 5.74) is -0.398. The fourth-order valence-electron chi connectivity index (χ4n) is 4.45. The number of nitrogens with zero attached hydrogens (tertiary/aromatic N) is 2.